The summed E-state index contributed by atoms with van der Waals surface area (Å²) in [5, 5.41) is 0. The van der Waals surface area contributed by atoms with Gasteiger partial charge in [-0.15, -0.1) is 0 Å². The van der Waals surface area contributed by atoms with Crippen molar-refractivity contribution in [3.8, 4) is 0 Å². The van der Waals surface area contributed by atoms with E-state index in [0.29, 0.717) is 0 Å². The maximum atomic E-state index is 2.44. The van der Waals surface area contributed by atoms with Crippen LogP contribution in [0.25, 0.3) is 0 Å². The van der Waals surface area contributed by atoms with Gasteiger partial charge in [0.15, 0.2) is 0 Å². The minimum atomic E-state index is -0.726. The van der Waals surface area contributed by atoms with Crippen molar-refractivity contribution < 1.29 is 47.7 Å². The smallest absolute Gasteiger partial charge is 1.00 e. The van der Waals surface area contributed by atoms with E-state index < -0.39 is 22.9 Å². The summed E-state index contributed by atoms with van der Waals surface area (Å²) in [6.07, 6.45) is 23.2. The zero-order valence-corrected chi connectivity index (χ0v) is 19.7. The van der Waals surface area contributed by atoms with Crippen LogP contribution in [0.5, 0.6) is 0 Å². The van der Waals surface area contributed by atoms with Crippen molar-refractivity contribution in [3.63, 3.8) is 0 Å². The molecule has 128 valence electrons. The van der Waals surface area contributed by atoms with Crippen molar-refractivity contribution in [2.24, 2.45) is 0 Å². The van der Waals surface area contributed by atoms with Crippen LogP contribution in [0.4, 0.5) is 0 Å². The summed E-state index contributed by atoms with van der Waals surface area (Å²) in [4.78, 5) is 0. The predicted molar refractivity (Wildman–Crippen MR) is 89.9 cm³/mol. The summed E-state index contributed by atoms with van der Waals surface area (Å²) in [7, 11) is 0. The monoisotopic (exact) mass is 520 g/mol. The quantitative estimate of drug-likeness (QED) is 0.294. The average molecular weight is 520 g/mol. The zero-order valence-electron chi connectivity index (χ0n) is 14.6. The molecule has 0 aromatic rings. The SMILES string of the molecule is CCCCCC1=[C]([Hf+2][C]2=C(CCCCC)C=CC2)CC=C1.[Cl-].[Cl-]. The second-order valence-corrected chi connectivity index (χ2v) is 11.5. The first-order valence-electron chi connectivity index (χ1n) is 8.89. The Kier molecular flexibility index (Phi) is 13.9. The molecule has 0 aliphatic heterocycles. The van der Waals surface area contributed by atoms with Crippen molar-refractivity contribution in [2.45, 2.75) is 78.1 Å². The Balaban J connectivity index is 0.00000242. The third-order valence-corrected chi connectivity index (χ3v) is 10.4. The third kappa shape index (κ3) is 7.88. The summed E-state index contributed by atoms with van der Waals surface area (Å²) in [6.45, 7) is 4.60. The standard InChI is InChI=1S/2C10H15.2ClH.Hf/c2*1-2-3-4-7-10-8-5-6-9-10;;;/h2*5,8H,2-4,6-7H2,1H3;2*1H;/q;;;;+2/p-2. The van der Waals surface area contributed by atoms with E-state index >= 15 is 0 Å². The second-order valence-electron chi connectivity index (χ2n) is 6.26. The molecule has 0 nitrogen and oxygen atoms in total. The Hall–Kier alpha value is 0.410. The summed E-state index contributed by atoms with van der Waals surface area (Å²) in [6, 6.07) is 0. The van der Waals surface area contributed by atoms with Crippen molar-refractivity contribution in [2.75, 3.05) is 0 Å². The largest absolute Gasteiger partial charge is 1.00 e. The van der Waals surface area contributed by atoms with E-state index in [0.717, 1.165) is 0 Å². The number of allylic oxidation sites excluding steroid dienone is 8. The summed E-state index contributed by atoms with van der Waals surface area (Å²) < 4.78 is 3.80. The topological polar surface area (TPSA) is 0 Å². The van der Waals surface area contributed by atoms with Crippen LogP contribution in [0.1, 0.15) is 78.1 Å². The molecule has 2 rings (SSSR count). The van der Waals surface area contributed by atoms with Gasteiger partial charge >= 0.3 is 143 Å². The van der Waals surface area contributed by atoms with E-state index in [2.05, 4.69) is 38.2 Å². The Morgan fingerprint density at radius 3 is 1.57 bits per heavy atom. The number of rotatable bonds is 10. The van der Waals surface area contributed by atoms with Crippen LogP contribution in [0.15, 0.2) is 42.1 Å². The maximum absolute atomic E-state index is 2.44. The molecule has 0 amide bonds. The number of halogens is 2. The van der Waals surface area contributed by atoms with Crippen LogP contribution in [0, 0.1) is 0 Å². The fourth-order valence-corrected chi connectivity index (χ4v) is 8.69. The van der Waals surface area contributed by atoms with E-state index in [-0.39, 0.29) is 24.8 Å². The molecule has 2 aliphatic rings. The van der Waals surface area contributed by atoms with Crippen molar-refractivity contribution in [3.05, 3.63) is 42.1 Å². The predicted octanol–water partition coefficient (Wildman–Crippen LogP) is 0.666. The molecule has 2 aliphatic carbocycles. The van der Waals surface area contributed by atoms with Gasteiger partial charge < -0.3 is 24.8 Å². The van der Waals surface area contributed by atoms with Gasteiger partial charge in [0.25, 0.3) is 0 Å². The van der Waals surface area contributed by atoms with E-state index in [9.17, 15) is 0 Å². The summed E-state index contributed by atoms with van der Waals surface area (Å²) in [5.41, 5.74) is 3.47. The zero-order chi connectivity index (χ0) is 14.9. The van der Waals surface area contributed by atoms with Crippen LogP contribution >= 0.6 is 0 Å². The molecule has 0 atom stereocenters. The molecule has 0 aromatic carbocycles. The van der Waals surface area contributed by atoms with Crippen molar-refractivity contribution in [1.29, 1.82) is 0 Å². The van der Waals surface area contributed by atoms with Gasteiger partial charge in [-0.2, -0.15) is 0 Å². The Morgan fingerprint density at radius 2 is 1.17 bits per heavy atom. The van der Waals surface area contributed by atoms with E-state index in [1.165, 1.54) is 64.2 Å². The van der Waals surface area contributed by atoms with Crippen LogP contribution in [0.3, 0.4) is 0 Å². The normalized spacial score (nSPS) is 15.7. The molecule has 0 bridgehead atoms. The molecule has 0 saturated heterocycles. The number of hydrogen-bond donors (Lipinski definition) is 0. The molecule has 0 unspecified atom stereocenters. The molecule has 0 heterocycles. The molecule has 3 heteroatoms. The van der Waals surface area contributed by atoms with Crippen LogP contribution in [0.2, 0.25) is 0 Å². The Labute approximate surface area is 167 Å². The van der Waals surface area contributed by atoms with Crippen LogP contribution in [-0.2, 0) is 22.9 Å². The fourth-order valence-electron chi connectivity index (χ4n) is 3.15. The first-order valence-corrected chi connectivity index (χ1v) is 12.5. The maximum Gasteiger partial charge on any atom is -1.00 e. The fraction of sp³-hybridized carbons (Fsp3) is 0.600. The van der Waals surface area contributed by atoms with E-state index in [4.69, 9.17) is 0 Å². The van der Waals surface area contributed by atoms with Crippen molar-refractivity contribution >= 4 is 0 Å². The van der Waals surface area contributed by atoms with Gasteiger partial charge in [0.2, 0.25) is 0 Å². The van der Waals surface area contributed by atoms with Gasteiger partial charge in [0.1, 0.15) is 0 Å². The van der Waals surface area contributed by atoms with E-state index in [1.54, 1.807) is 11.1 Å². The number of unbranched alkanes of at least 4 members (excludes halogenated alkanes) is 4. The van der Waals surface area contributed by atoms with Crippen LogP contribution in [-0.4, -0.2) is 0 Å². The summed E-state index contributed by atoms with van der Waals surface area (Å²) >= 11 is -0.726. The minimum absolute atomic E-state index is 0. The van der Waals surface area contributed by atoms with Crippen molar-refractivity contribution in [1.82, 2.24) is 0 Å². The van der Waals surface area contributed by atoms with Crippen LogP contribution < -0.4 is 24.8 Å². The Bertz CT molecular complexity index is 416. The molecule has 0 spiro atoms. The molecule has 0 aromatic heterocycles. The van der Waals surface area contributed by atoms with E-state index in [1.807, 2.05) is 6.66 Å². The van der Waals surface area contributed by atoms with Gasteiger partial charge in [0.05, 0.1) is 0 Å². The molecule has 23 heavy (non-hydrogen) atoms. The average Bonchev–Trinajstić information content (AvgIpc) is 3.10. The first kappa shape index (κ1) is 23.4. The second kappa shape index (κ2) is 13.7. The van der Waals surface area contributed by atoms with Gasteiger partial charge in [-0.1, -0.05) is 0 Å². The first-order chi connectivity index (χ1) is 10.3. The molecule has 0 N–H and O–H groups in total. The minimum Gasteiger partial charge on any atom is -1.00 e. The molecular weight excluding hydrogens is 490 g/mol. The number of hydrogen-bond acceptors (Lipinski definition) is 0. The third-order valence-electron chi connectivity index (χ3n) is 4.46. The molecule has 0 fully saturated rings. The van der Waals surface area contributed by atoms with Gasteiger partial charge in [-0.25, -0.2) is 0 Å². The summed E-state index contributed by atoms with van der Waals surface area (Å²) in [5.74, 6) is 0. The van der Waals surface area contributed by atoms with Gasteiger partial charge in [-0.3, -0.25) is 0 Å². The van der Waals surface area contributed by atoms with Gasteiger partial charge in [0, 0.05) is 0 Å². The van der Waals surface area contributed by atoms with Gasteiger partial charge in [-0.05, 0) is 0 Å². The molecule has 0 radical (unpaired) electrons. The molecule has 0 saturated carbocycles. The Morgan fingerprint density at radius 1 is 0.739 bits per heavy atom. The molecular formula is C20H30Cl2Hf.